The van der Waals surface area contributed by atoms with E-state index in [1.807, 2.05) is 61.5 Å². The highest BCUT2D eigenvalue weighted by molar-refractivity contribution is 7.07. The lowest BCUT2D eigenvalue weighted by atomic mass is 10.0. The maximum absolute atomic E-state index is 11.9. The van der Waals surface area contributed by atoms with Crippen LogP contribution in [0.4, 0.5) is 0 Å². The van der Waals surface area contributed by atoms with Crippen LogP contribution in [-0.4, -0.2) is 39.1 Å². The lowest BCUT2D eigenvalue weighted by Gasteiger charge is -2.37. The lowest BCUT2D eigenvalue weighted by molar-refractivity contribution is -0.144. The standard InChI is InChI=1S/C24H27NO3Si/c1-19(23(18-25-2)24(26)27)28-29(20-12-6-3-7-13-20,21-14-8-4-9-15-21)22-16-10-5-11-17-22/h3-17,19,23,25H,18H2,1-2H3,(H,26,27). The van der Waals surface area contributed by atoms with Crippen LogP contribution in [0, 0.1) is 5.92 Å². The van der Waals surface area contributed by atoms with E-state index in [1.165, 1.54) is 0 Å². The summed E-state index contributed by atoms with van der Waals surface area (Å²) in [5.41, 5.74) is 0. The van der Waals surface area contributed by atoms with Gasteiger partial charge in [-0.2, -0.15) is 0 Å². The first-order valence-corrected chi connectivity index (χ1v) is 11.7. The first-order valence-electron chi connectivity index (χ1n) is 9.81. The molecule has 0 aromatic heterocycles. The number of carboxylic acids is 1. The lowest BCUT2D eigenvalue weighted by Crippen LogP contribution is -2.70. The van der Waals surface area contributed by atoms with Crippen molar-refractivity contribution >= 4 is 29.8 Å². The topological polar surface area (TPSA) is 58.6 Å². The molecule has 0 saturated heterocycles. The molecule has 4 nitrogen and oxygen atoms in total. The molecule has 0 saturated carbocycles. The maximum Gasteiger partial charge on any atom is 0.310 e. The molecular formula is C24H27NO3Si. The van der Waals surface area contributed by atoms with Crippen molar-refractivity contribution in [3.8, 4) is 0 Å². The van der Waals surface area contributed by atoms with E-state index < -0.39 is 26.3 Å². The fourth-order valence-electron chi connectivity index (χ4n) is 3.76. The quantitative estimate of drug-likeness (QED) is 0.422. The largest absolute Gasteiger partial charge is 0.481 e. The first kappa shape index (κ1) is 21.0. The summed E-state index contributed by atoms with van der Waals surface area (Å²) in [7, 11) is -1.15. The maximum atomic E-state index is 11.9. The van der Waals surface area contributed by atoms with Gasteiger partial charge in [0.25, 0.3) is 8.32 Å². The van der Waals surface area contributed by atoms with Gasteiger partial charge in [0.1, 0.15) is 0 Å². The SMILES string of the molecule is CNCC(C(=O)O)C(C)O[Si](c1ccccc1)(c1ccccc1)c1ccccc1. The molecule has 0 fully saturated rings. The normalized spacial score (nSPS) is 13.6. The van der Waals surface area contributed by atoms with E-state index in [-0.39, 0.29) is 0 Å². The molecule has 0 aliphatic heterocycles. The second-order valence-corrected chi connectivity index (χ2v) is 10.4. The number of nitrogens with one attached hydrogen (secondary N) is 1. The summed E-state index contributed by atoms with van der Waals surface area (Å²) in [6.45, 7) is 2.21. The van der Waals surface area contributed by atoms with Crippen molar-refractivity contribution in [2.24, 2.45) is 5.92 Å². The van der Waals surface area contributed by atoms with Crippen LogP contribution in [0.3, 0.4) is 0 Å². The van der Waals surface area contributed by atoms with Crippen molar-refractivity contribution in [3.05, 3.63) is 91.0 Å². The molecule has 0 heterocycles. The molecular weight excluding hydrogens is 378 g/mol. The molecule has 0 aliphatic rings. The zero-order chi connectivity index (χ0) is 20.7. The summed E-state index contributed by atoms with van der Waals surface area (Å²) >= 11 is 0. The molecule has 2 atom stereocenters. The number of carboxylic acid groups (broad SMARTS) is 1. The molecule has 0 bridgehead atoms. The van der Waals surface area contributed by atoms with Crippen LogP contribution in [0.5, 0.6) is 0 Å². The Morgan fingerprint density at radius 2 is 1.24 bits per heavy atom. The average Bonchev–Trinajstić information content (AvgIpc) is 2.77. The van der Waals surface area contributed by atoms with E-state index in [4.69, 9.17) is 4.43 Å². The fraction of sp³-hybridized carbons (Fsp3) is 0.208. The van der Waals surface area contributed by atoms with Crippen molar-refractivity contribution in [2.75, 3.05) is 13.6 Å². The predicted octanol–water partition coefficient (Wildman–Crippen LogP) is 1.98. The van der Waals surface area contributed by atoms with Crippen molar-refractivity contribution in [3.63, 3.8) is 0 Å². The number of hydrogen-bond acceptors (Lipinski definition) is 3. The van der Waals surface area contributed by atoms with E-state index in [9.17, 15) is 9.90 Å². The predicted molar refractivity (Wildman–Crippen MR) is 120 cm³/mol. The van der Waals surface area contributed by atoms with E-state index in [1.54, 1.807) is 7.05 Å². The van der Waals surface area contributed by atoms with Gasteiger partial charge >= 0.3 is 5.97 Å². The molecule has 0 aliphatic carbocycles. The van der Waals surface area contributed by atoms with Crippen molar-refractivity contribution in [1.29, 1.82) is 0 Å². The summed E-state index contributed by atoms with van der Waals surface area (Å²) in [6, 6.07) is 30.6. The van der Waals surface area contributed by atoms with Gasteiger partial charge in [-0.1, -0.05) is 91.0 Å². The van der Waals surface area contributed by atoms with Gasteiger partial charge in [-0.15, -0.1) is 0 Å². The van der Waals surface area contributed by atoms with E-state index in [0.29, 0.717) is 6.54 Å². The molecule has 3 aromatic carbocycles. The molecule has 2 N–H and O–H groups in total. The molecule has 0 amide bonds. The molecule has 3 rings (SSSR count). The molecule has 29 heavy (non-hydrogen) atoms. The minimum absolute atomic E-state index is 0.347. The zero-order valence-electron chi connectivity index (χ0n) is 16.8. The molecule has 0 spiro atoms. The van der Waals surface area contributed by atoms with Gasteiger partial charge in [0.05, 0.1) is 12.0 Å². The monoisotopic (exact) mass is 405 g/mol. The van der Waals surface area contributed by atoms with Gasteiger partial charge in [0, 0.05) is 6.54 Å². The summed E-state index contributed by atoms with van der Waals surface area (Å²) in [4.78, 5) is 11.9. The first-order chi connectivity index (χ1) is 14.1. The highest BCUT2D eigenvalue weighted by Gasteiger charge is 2.44. The summed E-state index contributed by atoms with van der Waals surface area (Å²) in [5.74, 6) is -1.51. The Labute approximate surface area is 173 Å². The Kier molecular flexibility index (Phi) is 6.98. The summed E-state index contributed by atoms with van der Waals surface area (Å²) < 4.78 is 6.89. The van der Waals surface area contributed by atoms with Gasteiger partial charge in [0.2, 0.25) is 0 Å². The van der Waals surface area contributed by atoms with Crippen molar-refractivity contribution < 1.29 is 14.3 Å². The minimum Gasteiger partial charge on any atom is -0.481 e. The van der Waals surface area contributed by atoms with Crippen LogP contribution >= 0.6 is 0 Å². The number of hydrogen-bond donors (Lipinski definition) is 2. The Morgan fingerprint density at radius 1 is 0.862 bits per heavy atom. The van der Waals surface area contributed by atoms with Gasteiger partial charge < -0.3 is 14.8 Å². The van der Waals surface area contributed by atoms with E-state index >= 15 is 0 Å². The Balaban J connectivity index is 2.21. The van der Waals surface area contributed by atoms with Crippen LogP contribution in [0.1, 0.15) is 6.92 Å². The van der Waals surface area contributed by atoms with Gasteiger partial charge in [-0.3, -0.25) is 4.79 Å². The minimum atomic E-state index is -2.92. The fourth-order valence-corrected chi connectivity index (χ4v) is 7.87. The number of rotatable bonds is 9. The third kappa shape index (κ3) is 4.48. The smallest absolute Gasteiger partial charge is 0.310 e. The molecule has 3 aromatic rings. The average molecular weight is 406 g/mol. The second kappa shape index (κ2) is 9.65. The van der Waals surface area contributed by atoms with Crippen molar-refractivity contribution in [2.45, 2.75) is 13.0 Å². The zero-order valence-corrected chi connectivity index (χ0v) is 17.8. The second-order valence-electron chi connectivity index (χ2n) is 7.10. The molecule has 5 heteroatoms. The third-order valence-electron chi connectivity index (χ3n) is 5.21. The molecule has 2 unspecified atom stereocenters. The van der Waals surface area contributed by atoms with Crippen LogP contribution in [0.25, 0.3) is 0 Å². The van der Waals surface area contributed by atoms with Gasteiger partial charge in [-0.25, -0.2) is 0 Å². The summed E-state index contributed by atoms with van der Waals surface area (Å²) in [6.07, 6.45) is -0.479. The number of carbonyl (C=O) groups is 1. The molecule has 0 radical (unpaired) electrons. The van der Waals surface area contributed by atoms with Crippen molar-refractivity contribution in [1.82, 2.24) is 5.32 Å². The highest BCUT2D eigenvalue weighted by atomic mass is 28.4. The van der Waals surface area contributed by atoms with Crippen LogP contribution in [0.2, 0.25) is 0 Å². The Morgan fingerprint density at radius 3 is 1.55 bits per heavy atom. The van der Waals surface area contributed by atoms with E-state index in [0.717, 1.165) is 15.6 Å². The van der Waals surface area contributed by atoms with Crippen LogP contribution in [-0.2, 0) is 9.22 Å². The van der Waals surface area contributed by atoms with Crippen LogP contribution in [0.15, 0.2) is 91.0 Å². The Hall–Kier alpha value is -2.73. The summed E-state index contributed by atoms with van der Waals surface area (Å²) in [5, 5.41) is 16.1. The highest BCUT2D eigenvalue weighted by Crippen LogP contribution is 2.17. The number of aliphatic carboxylic acids is 1. The van der Waals surface area contributed by atoms with E-state index in [2.05, 4.69) is 41.7 Å². The van der Waals surface area contributed by atoms with Gasteiger partial charge in [-0.05, 0) is 29.5 Å². The number of benzene rings is 3. The van der Waals surface area contributed by atoms with Gasteiger partial charge in [0.15, 0.2) is 0 Å². The molecule has 150 valence electrons. The van der Waals surface area contributed by atoms with Crippen LogP contribution < -0.4 is 20.9 Å². The Bertz CT molecular complexity index is 807. The third-order valence-corrected chi connectivity index (χ3v) is 9.38.